The zero-order valence-corrected chi connectivity index (χ0v) is 14.9. The van der Waals surface area contributed by atoms with Gasteiger partial charge >= 0.3 is 0 Å². The molecule has 2 rings (SSSR count). The van der Waals surface area contributed by atoms with E-state index in [1.54, 1.807) is 12.4 Å². The predicted octanol–water partition coefficient (Wildman–Crippen LogP) is 5.06. The number of hydrogen-bond acceptors (Lipinski definition) is 4. The van der Waals surface area contributed by atoms with Gasteiger partial charge in [0, 0.05) is 28.7 Å². The fourth-order valence-electron chi connectivity index (χ4n) is 1.87. The summed E-state index contributed by atoms with van der Waals surface area (Å²) >= 11 is 2.82. The SMILES string of the molecule is C=C(F)/C=C(\C=C/CF)NC(=O)c1sccc1SCc1ccncc1. The summed E-state index contributed by atoms with van der Waals surface area (Å²) in [7, 11) is 0. The van der Waals surface area contributed by atoms with Crippen molar-refractivity contribution in [3.8, 4) is 0 Å². The summed E-state index contributed by atoms with van der Waals surface area (Å²) in [6.45, 7) is 2.41. The first-order chi connectivity index (χ1) is 12.1. The average Bonchev–Trinajstić information content (AvgIpc) is 3.07. The minimum atomic E-state index is -0.725. The number of hydrogen-bond donors (Lipinski definition) is 1. The molecule has 0 unspecified atom stereocenters. The number of halogens is 2. The smallest absolute Gasteiger partial charge is 0.266 e. The van der Waals surface area contributed by atoms with Crippen molar-refractivity contribution in [1.82, 2.24) is 10.3 Å². The standard InChI is InChI=1S/C18H16F2N2OS2/c1-13(20)11-15(3-2-7-19)22-18(23)17-16(6-10-24-17)25-12-14-4-8-21-9-5-14/h2-6,8-11H,1,7,12H2,(H,22,23)/b3-2-,15-11+. The molecule has 0 spiro atoms. The molecule has 0 bridgehead atoms. The molecule has 130 valence electrons. The van der Waals surface area contributed by atoms with Gasteiger partial charge < -0.3 is 5.32 Å². The molecule has 0 saturated heterocycles. The van der Waals surface area contributed by atoms with Gasteiger partial charge in [-0.3, -0.25) is 9.78 Å². The van der Waals surface area contributed by atoms with Gasteiger partial charge in [-0.25, -0.2) is 8.78 Å². The molecule has 0 aliphatic rings. The molecule has 2 heterocycles. The van der Waals surface area contributed by atoms with E-state index in [9.17, 15) is 13.6 Å². The van der Waals surface area contributed by atoms with E-state index in [1.165, 1.54) is 35.3 Å². The topological polar surface area (TPSA) is 42.0 Å². The van der Waals surface area contributed by atoms with Crippen LogP contribution in [0, 0.1) is 0 Å². The summed E-state index contributed by atoms with van der Waals surface area (Å²) < 4.78 is 25.3. The highest BCUT2D eigenvalue weighted by Crippen LogP contribution is 2.30. The lowest BCUT2D eigenvalue weighted by atomic mass is 10.3. The number of aromatic nitrogens is 1. The summed E-state index contributed by atoms with van der Waals surface area (Å²) in [5.74, 6) is -0.397. The zero-order chi connectivity index (χ0) is 18.1. The van der Waals surface area contributed by atoms with E-state index in [2.05, 4.69) is 16.9 Å². The number of allylic oxidation sites excluding steroid dienone is 4. The number of carbonyl (C=O) groups is 1. The highest BCUT2D eigenvalue weighted by molar-refractivity contribution is 7.98. The lowest BCUT2D eigenvalue weighted by Crippen LogP contribution is -2.21. The summed E-state index contributed by atoms with van der Waals surface area (Å²) in [5.41, 5.74) is 1.24. The third kappa shape index (κ3) is 6.28. The molecule has 0 atom stereocenters. The van der Waals surface area contributed by atoms with Crippen molar-refractivity contribution in [1.29, 1.82) is 0 Å². The summed E-state index contributed by atoms with van der Waals surface area (Å²) in [4.78, 5) is 17.8. The second-order valence-electron chi connectivity index (χ2n) is 4.82. The minimum Gasteiger partial charge on any atom is -0.321 e. The summed E-state index contributed by atoms with van der Waals surface area (Å²) in [6.07, 6.45) is 6.97. The Bertz CT molecular complexity index is 785. The fraction of sp³-hybridized carbons (Fsp3) is 0.111. The molecule has 2 aromatic rings. The Balaban J connectivity index is 2.08. The monoisotopic (exact) mass is 378 g/mol. The van der Waals surface area contributed by atoms with Crippen LogP contribution in [-0.2, 0) is 5.75 Å². The van der Waals surface area contributed by atoms with Crippen LogP contribution in [0.15, 0.2) is 77.2 Å². The number of nitrogens with zero attached hydrogens (tertiary/aromatic N) is 1. The van der Waals surface area contributed by atoms with Crippen LogP contribution in [0.2, 0.25) is 0 Å². The van der Waals surface area contributed by atoms with Crippen molar-refractivity contribution < 1.29 is 13.6 Å². The largest absolute Gasteiger partial charge is 0.321 e. The first-order valence-electron chi connectivity index (χ1n) is 7.29. The first-order valence-corrected chi connectivity index (χ1v) is 9.16. The lowest BCUT2D eigenvalue weighted by Gasteiger charge is -2.07. The molecule has 0 aromatic carbocycles. The number of amides is 1. The third-order valence-corrected chi connectivity index (χ3v) is 5.11. The van der Waals surface area contributed by atoms with Crippen LogP contribution in [0.4, 0.5) is 8.78 Å². The van der Waals surface area contributed by atoms with Crippen molar-refractivity contribution >= 4 is 29.0 Å². The van der Waals surface area contributed by atoms with Crippen LogP contribution in [0.25, 0.3) is 0 Å². The highest BCUT2D eigenvalue weighted by atomic mass is 32.2. The molecule has 1 N–H and O–H groups in total. The average molecular weight is 378 g/mol. The Morgan fingerprint density at radius 3 is 2.80 bits per heavy atom. The molecule has 0 aliphatic heterocycles. The van der Waals surface area contributed by atoms with E-state index >= 15 is 0 Å². The van der Waals surface area contributed by atoms with Crippen LogP contribution < -0.4 is 5.32 Å². The van der Waals surface area contributed by atoms with Gasteiger partial charge in [-0.1, -0.05) is 12.7 Å². The number of carbonyl (C=O) groups excluding carboxylic acids is 1. The molecule has 0 saturated carbocycles. The maximum absolute atomic E-state index is 13.0. The molecule has 7 heteroatoms. The van der Waals surface area contributed by atoms with E-state index in [4.69, 9.17) is 0 Å². The second-order valence-corrected chi connectivity index (χ2v) is 6.75. The molecular weight excluding hydrogens is 362 g/mol. The van der Waals surface area contributed by atoms with E-state index < -0.39 is 12.5 Å². The van der Waals surface area contributed by atoms with E-state index in [0.29, 0.717) is 10.6 Å². The molecule has 0 aliphatic carbocycles. The molecular formula is C18H16F2N2OS2. The van der Waals surface area contributed by atoms with Crippen molar-refractivity contribution in [3.63, 3.8) is 0 Å². The number of thiophene rings is 1. The number of alkyl halides is 1. The molecule has 25 heavy (non-hydrogen) atoms. The van der Waals surface area contributed by atoms with Gasteiger partial charge in [0.05, 0.1) is 0 Å². The van der Waals surface area contributed by atoms with Crippen LogP contribution in [0.1, 0.15) is 15.2 Å². The van der Waals surface area contributed by atoms with Crippen molar-refractivity contribution in [3.05, 3.63) is 82.7 Å². The maximum Gasteiger partial charge on any atom is 0.266 e. The van der Waals surface area contributed by atoms with Gasteiger partial charge in [0.15, 0.2) is 0 Å². The van der Waals surface area contributed by atoms with E-state index in [1.807, 2.05) is 23.6 Å². The maximum atomic E-state index is 13.0. The summed E-state index contributed by atoms with van der Waals surface area (Å²) in [6, 6.07) is 5.68. The summed E-state index contributed by atoms with van der Waals surface area (Å²) in [5, 5.41) is 4.40. The van der Waals surface area contributed by atoms with Gasteiger partial charge in [0.2, 0.25) is 0 Å². The Morgan fingerprint density at radius 1 is 1.36 bits per heavy atom. The number of pyridine rings is 1. The van der Waals surface area contributed by atoms with E-state index in [-0.39, 0.29) is 11.6 Å². The molecule has 1 amide bonds. The Morgan fingerprint density at radius 2 is 2.12 bits per heavy atom. The van der Waals surface area contributed by atoms with Gasteiger partial charge in [0.1, 0.15) is 17.4 Å². The van der Waals surface area contributed by atoms with Crippen molar-refractivity contribution in [2.24, 2.45) is 0 Å². The Labute approximate surface area is 153 Å². The molecule has 2 aromatic heterocycles. The normalized spacial score (nSPS) is 11.7. The fourth-order valence-corrected chi connectivity index (χ4v) is 3.86. The van der Waals surface area contributed by atoms with Crippen LogP contribution in [-0.4, -0.2) is 17.6 Å². The van der Waals surface area contributed by atoms with Gasteiger partial charge in [0.25, 0.3) is 5.91 Å². The first kappa shape index (κ1) is 19.1. The highest BCUT2D eigenvalue weighted by Gasteiger charge is 2.14. The van der Waals surface area contributed by atoms with Gasteiger partial charge in [-0.2, -0.15) is 0 Å². The predicted molar refractivity (Wildman–Crippen MR) is 99.0 cm³/mol. The van der Waals surface area contributed by atoms with Gasteiger partial charge in [-0.15, -0.1) is 23.1 Å². The molecule has 0 radical (unpaired) electrons. The lowest BCUT2D eigenvalue weighted by molar-refractivity contribution is 0.0968. The van der Waals surface area contributed by atoms with Crippen molar-refractivity contribution in [2.45, 2.75) is 10.6 Å². The minimum absolute atomic E-state index is 0.147. The van der Waals surface area contributed by atoms with Crippen LogP contribution >= 0.6 is 23.1 Å². The van der Waals surface area contributed by atoms with Crippen LogP contribution in [0.3, 0.4) is 0 Å². The van der Waals surface area contributed by atoms with E-state index in [0.717, 1.165) is 16.5 Å². The van der Waals surface area contributed by atoms with Crippen LogP contribution in [0.5, 0.6) is 0 Å². The third-order valence-electron chi connectivity index (χ3n) is 2.94. The Hall–Kier alpha value is -2.25. The number of nitrogens with one attached hydrogen (secondary N) is 1. The van der Waals surface area contributed by atoms with Gasteiger partial charge in [-0.05, 0) is 41.3 Å². The Kier molecular flexibility index (Phi) is 7.56. The number of thioether (sulfide) groups is 1. The zero-order valence-electron chi connectivity index (χ0n) is 13.2. The van der Waals surface area contributed by atoms with Crippen molar-refractivity contribution in [2.75, 3.05) is 6.67 Å². The quantitative estimate of drug-likeness (QED) is 0.516. The molecule has 3 nitrogen and oxygen atoms in total. The molecule has 0 fully saturated rings. The second kappa shape index (κ2) is 9.90. The number of rotatable bonds is 8.